The molecule has 0 amide bonds. The molecule has 1 aromatic carbocycles. The molecule has 0 spiro atoms. The minimum absolute atomic E-state index is 0.778. The van der Waals surface area contributed by atoms with Crippen LogP contribution in [0.5, 0.6) is 0 Å². The number of hydrogen-bond donors (Lipinski definition) is 2. The molecule has 140 valence electrons. The van der Waals surface area contributed by atoms with Crippen molar-refractivity contribution in [3.63, 3.8) is 0 Å². The highest BCUT2D eigenvalue weighted by Gasteiger charge is 1.94. The van der Waals surface area contributed by atoms with Gasteiger partial charge in [0.25, 0.3) is 0 Å². The summed E-state index contributed by atoms with van der Waals surface area (Å²) >= 11 is 0. The van der Waals surface area contributed by atoms with Crippen molar-refractivity contribution in [2.45, 2.75) is 73.8 Å². The Bertz CT molecular complexity index is 358. The van der Waals surface area contributed by atoms with Crippen LogP contribution in [0, 0.1) is 0 Å². The molecule has 0 aliphatic heterocycles. The van der Waals surface area contributed by atoms with E-state index >= 15 is 0 Å². The second-order valence-corrected chi connectivity index (χ2v) is 5.39. The Kier molecular flexibility index (Phi) is 22.5. The van der Waals surface area contributed by atoms with Crippen molar-refractivity contribution < 1.29 is 0 Å². The molecule has 0 fully saturated rings. The first-order valence-corrected chi connectivity index (χ1v) is 9.76. The Morgan fingerprint density at radius 3 is 2.04 bits per heavy atom. The topological polar surface area (TPSA) is 36.4 Å². The fraction of sp³-hybridized carbons (Fsp3) is 0.667. The van der Waals surface area contributed by atoms with Crippen LogP contribution in [-0.4, -0.2) is 25.8 Å². The lowest BCUT2D eigenvalue weighted by molar-refractivity contribution is 0.626. The minimum atomic E-state index is 0.778. The van der Waals surface area contributed by atoms with Gasteiger partial charge in [0.15, 0.2) is 0 Å². The van der Waals surface area contributed by atoms with E-state index in [1.54, 1.807) is 0 Å². The number of benzene rings is 1. The predicted octanol–water partition coefficient (Wildman–Crippen LogP) is 5.91. The van der Waals surface area contributed by atoms with E-state index < -0.39 is 0 Å². The zero-order valence-corrected chi connectivity index (χ0v) is 17.0. The largest absolute Gasteiger partial charge is 0.385 e. The van der Waals surface area contributed by atoms with E-state index in [2.05, 4.69) is 60.7 Å². The first kappa shape index (κ1) is 24.9. The van der Waals surface area contributed by atoms with Gasteiger partial charge in [-0.2, -0.15) is 0 Å². The number of aliphatic imine (C=N–C) groups is 1. The number of rotatable bonds is 10. The highest BCUT2D eigenvalue weighted by atomic mass is 14.9. The Morgan fingerprint density at radius 2 is 1.50 bits per heavy atom. The molecule has 0 atom stereocenters. The quantitative estimate of drug-likeness (QED) is 0.412. The molecule has 2 N–H and O–H groups in total. The van der Waals surface area contributed by atoms with E-state index in [1.807, 2.05) is 27.0 Å². The molecular weight excluding hydrogens is 294 g/mol. The van der Waals surface area contributed by atoms with Gasteiger partial charge in [0.05, 0.1) is 6.54 Å². The van der Waals surface area contributed by atoms with Crippen molar-refractivity contribution in [3.8, 4) is 0 Å². The van der Waals surface area contributed by atoms with Gasteiger partial charge in [-0.25, -0.2) is 0 Å². The van der Waals surface area contributed by atoms with Gasteiger partial charge < -0.3 is 10.6 Å². The van der Waals surface area contributed by atoms with Crippen molar-refractivity contribution in [1.82, 2.24) is 5.32 Å². The lowest BCUT2D eigenvalue weighted by atomic mass is 10.2. The summed E-state index contributed by atoms with van der Waals surface area (Å²) in [5.41, 5.74) is 2.46. The molecular formula is C21H41N3. The van der Waals surface area contributed by atoms with Crippen molar-refractivity contribution in [2.75, 3.05) is 25.0 Å². The number of unbranched alkanes of at least 4 members (excludes halogenated alkanes) is 1. The molecule has 0 aliphatic rings. The summed E-state index contributed by atoms with van der Waals surface area (Å²) in [7, 11) is 0. The van der Waals surface area contributed by atoms with Crippen molar-refractivity contribution in [1.29, 1.82) is 0 Å². The number of hydrogen-bond acceptors (Lipinski definition) is 3. The molecule has 0 radical (unpaired) electrons. The summed E-state index contributed by atoms with van der Waals surface area (Å²) < 4.78 is 0. The van der Waals surface area contributed by atoms with E-state index in [0.29, 0.717) is 0 Å². The summed E-state index contributed by atoms with van der Waals surface area (Å²) in [6.45, 7) is 16.5. The lowest BCUT2D eigenvalue weighted by Crippen LogP contribution is -2.16. The summed E-state index contributed by atoms with van der Waals surface area (Å²) in [5.74, 6) is 0. The summed E-state index contributed by atoms with van der Waals surface area (Å²) in [4.78, 5) is 4.23. The van der Waals surface area contributed by atoms with Crippen LogP contribution in [0.1, 0.15) is 72.8 Å². The Labute approximate surface area is 151 Å². The number of nitrogens with zero attached hydrogens (tertiary/aromatic N) is 1. The normalized spacial score (nSPS) is 9.75. The molecule has 0 aromatic heterocycles. The maximum absolute atomic E-state index is 4.23. The number of anilines is 1. The van der Waals surface area contributed by atoms with Gasteiger partial charge in [-0.15, -0.1) is 0 Å². The van der Waals surface area contributed by atoms with Gasteiger partial charge >= 0.3 is 0 Å². The second kappa shape index (κ2) is 21.6. The molecule has 0 bridgehead atoms. The van der Waals surface area contributed by atoms with Gasteiger partial charge in [-0.3, -0.25) is 4.99 Å². The van der Waals surface area contributed by atoms with Crippen LogP contribution >= 0.6 is 0 Å². The molecule has 3 nitrogen and oxygen atoms in total. The Hall–Kier alpha value is -1.35. The van der Waals surface area contributed by atoms with Gasteiger partial charge in [0, 0.05) is 12.2 Å². The van der Waals surface area contributed by atoms with E-state index in [0.717, 1.165) is 26.2 Å². The minimum Gasteiger partial charge on any atom is -0.385 e. The maximum atomic E-state index is 4.23. The zero-order valence-electron chi connectivity index (χ0n) is 17.0. The molecule has 1 aromatic rings. The molecule has 24 heavy (non-hydrogen) atoms. The fourth-order valence-corrected chi connectivity index (χ4v) is 1.83. The van der Waals surface area contributed by atoms with Crippen LogP contribution in [0.4, 0.5) is 5.69 Å². The molecule has 0 heterocycles. The average Bonchev–Trinajstić information content (AvgIpc) is 2.62. The standard InChI is InChI=1S/C16H27N3.C3H8.C2H6/c1-3-11-18-12-5-6-13-19-16-9-7-15(8-10-16)14-17-4-2;1-3-2;1-2/h4,7-10,18-19H,3,5-6,11-14H2,1-2H3;3H2,1-2H3;1-2H3. The van der Waals surface area contributed by atoms with Gasteiger partial charge in [0.1, 0.15) is 0 Å². The van der Waals surface area contributed by atoms with Gasteiger partial charge in [-0.1, -0.05) is 53.2 Å². The third-order valence-electron chi connectivity index (χ3n) is 2.95. The highest BCUT2D eigenvalue weighted by Crippen LogP contribution is 2.10. The summed E-state index contributed by atoms with van der Waals surface area (Å²) in [6, 6.07) is 8.54. The number of nitrogens with one attached hydrogen (secondary N) is 2. The Balaban J connectivity index is 0. The van der Waals surface area contributed by atoms with Gasteiger partial charge in [0.2, 0.25) is 0 Å². The smallest absolute Gasteiger partial charge is 0.0635 e. The monoisotopic (exact) mass is 335 g/mol. The van der Waals surface area contributed by atoms with E-state index in [4.69, 9.17) is 0 Å². The van der Waals surface area contributed by atoms with Crippen molar-refractivity contribution >= 4 is 11.9 Å². The Morgan fingerprint density at radius 1 is 0.917 bits per heavy atom. The SMILES string of the molecule is CC.CC=NCc1ccc(NCCCCNCCC)cc1.CCC. The molecule has 0 aliphatic carbocycles. The van der Waals surface area contributed by atoms with Crippen LogP contribution in [0.25, 0.3) is 0 Å². The van der Waals surface area contributed by atoms with E-state index in [9.17, 15) is 0 Å². The van der Waals surface area contributed by atoms with E-state index in [-0.39, 0.29) is 0 Å². The highest BCUT2D eigenvalue weighted by molar-refractivity contribution is 5.53. The van der Waals surface area contributed by atoms with Gasteiger partial charge in [-0.05, 0) is 63.2 Å². The first-order chi connectivity index (χ1) is 11.8. The average molecular weight is 336 g/mol. The second-order valence-electron chi connectivity index (χ2n) is 5.39. The summed E-state index contributed by atoms with van der Waals surface area (Å²) in [6.07, 6.45) is 6.75. The third-order valence-corrected chi connectivity index (χ3v) is 2.95. The molecule has 3 heteroatoms. The predicted molar refractivity (Wildman–Crippen MR) is 113 cm³/mol. The fourth-order valence-electron chi connectivity index (χ4n) is 1.83. The van der Waals surface area contributed by atoms with Crippen molar-refractivity contribution in [2.24, 2.45) is 4.99 Å². The van der Waals surface area contributed by atoms with Crippen molar-refractivity contribution in [3.05, 3.63) is 29.8 Å². The third kappa shape index (κ3) is 17.0. The zero-order chi connectivity index (χ0) is 18.5. The summed E-state index contributed by atoms with van der Waals surface area (Å²) in [5, 5.41) is 6.87. The first-order valence-electron chi connectivity index (χ1n) is 9.76. The molecule has 0 unspecified atom stereocenters. The van der Waals surface area contributed by atoms with E-state index in [1.165, 1.54) is 36.9 Å². The van der Waals surface area contributed by atoms with Crippen LogP contribution < -0.4 is 10.6 Å². The van der Waals surface area contributed by atoms with Crippen LogP contribution in [-0.2, 0) is 6.54 Å². The van der Waals surface area contributed by atoms with Crippen LogP contribution in [0.15, 0.2) is 29.3 Å². The van der Waals surface area contributed by atoms with Crippen LogP contribution in [0.2, 0.25) is 0 Å². The molecule has 1 rings (SSSR count). The molecule has 0 saturated heterocycles. The maximum Gasteiger partial charge on any atom is 0.0635 e. The lowest BCUT2D eigenvalue weighted by Gasteiger charge is -2.07. The van der Waals surface area contributed by atoms with Crippen LogP contribution in [0.3, 0.4) is 0 Å². The molecule has 0 saturated carbocycles.